The highest BCUT2D eigenvalue weighted by atomic mass is 79.9. The van der Waals surface area contributed by atoms with E-state index in [1.54, 1.807) is 30.8 Å². The van der Waals surface area contributed by atoms with Crippen molar-refractivity contribution < 1.29 is 4.74 Å². The third kappa shape index (κ3) is 2.50. The van der Waals surface area contributed by atoms with Crippen LogP contribution in [0, 0.1) is 0 Å². The standard InChI is InChI=1S/C12H13BrN4O2S/c1-16-12(18)10(13)8(6-15-16)17-3-4-19-9(7-17)11-14-2-5-20-11/h2,5-6,9H,3-4,7H2,1H3. The van der Waals surface area contributed by atoms with E-state index in [1.807, 2.05) is 5.38 Å². The van der Waals surface area contributed by atoms with Gasteiger partial charge in [-0.2, -0.15) is 5.10 Å². The van der Waals surface area contributed by atoms with Gasteiger partial charge in [0.15, 0.2) is 0 Å². The third-order valence-corrected chi connectivity index (χ3v) is 4.81. The molecule has 0 aliphatic carbocycles. The second-order valence-electron chi connectivity index (χ2n) is 4.45. The molecule has 0 bridgehead atoms. The molecule has 1 aliphatic rings. The number of morpholine rings is 1. The van der Waals surface area contributed by atoms with Crippen LogP contribution in [0.1, 0.15) is 11.1 Å². The Hall–Kier alpha value is -1.25. The lowest BCUT2D eigenvalue weighted by molar-refractivity contribution is 0.0395. The zero-order chi connectivity index (χ0) is 14.1. The number of aromatic nitrogens is 3. The molecule has 2 aromatic heterocycles. The molecule has 1 saturated heterocycles. The summed E-state index contributed by atoms with van der Waals surface area (Å²) < 4.78 is 7.60. The molecule has 3 heterocycles. The van der Waals surface area contributed by atoms with E-state index >= 15 is 0 Å². The maximum atomic E-state index is 11.9. The summed E-state index contributed by atoms with van der Waals surface area (Å²) in [7, 11) is 1.63. The molecule has 0 saturated carbocycles. The first kappa shape index (κ1) is 13.7. The molecule has 6 nitrogen and oxygen atoms in total. The highest BCUT2D eigenvalue weighted by Crippen LogP contribution is 2.29. The first-order valence-corrected chi connectivity index (χ1v) is 7.82. The predicted molar refractivity (Wildman–Crippen MR) is 80.2 cm³/mol. The number of anilines is 1. The largest absolute Gasteiger partial charge is 0.367 e. The Morgan fingerprint density at radius 1 is 1.55 bits per heavy atom. The van der Waals surface area contributed by atoms with Crippen molar-refractivity contribution in [1.82, 2.24) is 14.8 Å². The van der Waals surface area contributed by atoms with Crippen molar-refractivity contribution in [2.75, 3.05) is 24.6 Å². The predicted octanol–water partition coefficient (Wildman–Crippen LogP) is 1.58. The van der Waals surface area contributed by atoms with Crippen molar-refractivity contribution in [3.8, 4) is 0 Å². The topological polar surface area (TPSA) is 60.3 Å². The second kappa shape index (κ2) is 5.63. The number of nitrogens with zero attached hydrogens (tertiary/aromatic N) is 4. The van der Waals surface area contributed by atoms with Crippen molar-refractivity contribution >= 4 is 33.0 Å². The van der Waals surface area contributed by atoms with Crippen molar-refractivity contribution in [1.29, 1.82) is 0 Å². The molecule has 1 fully saturated rings. The molecule has 0 N–H and O–H groups in total. The summed E-state index contributed by atoms with van der Waals surface area (Å²) in [5.41, 5.74) is 0.665. The number of hydrogen-bond donors (Lipinski definition) is 0. The van der Waals surface area contributed by atoms with Crippen LogP contribution in [0.2, 0.25) is 0 Å². The SMILES string of the molecule is Cn1ncc(N2CCOC(c3nccs3)C2)c(Br)c1=O. The summed E-state index contributed by atoms with van der Waals surface area (Å²) >= 11 is 4.95. The maximum Gasteiger partial charge on any atom is 0.282 e. The van der Waals surface area contributed by atoms with Crippen molar-refractivity contribution in [2.45, 2.75) is 6.10 Å². The summed E-state index contributed by atoms with van der Waals surface area (Å²) in [6, 6.07) is 0. The van der Waals surface area contributed by atoms with E-state index in [4.69, 9.17) is 4.74 Å². The molecule has 106 valence electrons. The molecule has 2 aromatic rings. The van der Waals surface area contributed by atoms with Crippen molar-refractivity contribution in [3.05, 3.63) is 37.6 Å². The molecule has 0 aromatic carbocycles. The Kier molecular flexibility index (Phi) is 3.86. The Morgan fingerprint density at radius 3 is 3.15 bits per heavy atom. The van der Waals surface area contributed by atoms with E-state index in [1.165, 1.54) is 4.68 Å². The molecule has 1 aliphatic heterocycles. The lowest BCUT2D eigenvalue weighted by Gasteiger charge is -2.33. The average Bonchev–Trinajstić information content (AvgIpc) is 2.99. The van der Waals surface area contributed by atoms with Gasteiger partial charge in [-0.05, 0) is 15.9 Å². The summed E-state index contributed by atoms with van der Waals surface area (Å²) in [6.45, 7) is 2.00. The van der Waals surface area contributed by atoms with Gasteiger partial charge in [0, 0.05) is 25.2 Å². The summed E-state index contributed by atoms with van der Waals surface area (Å²) in [5, 5.41) is 6.98. The van der Waals surface area contributed by atoms with Crippen LogP contribution in [0.3, 0.4) is 0 Å². The van der Waals surface area contributed by atoms with Gasteiger partial charge in [0.1, 0.15) is 15.6 Å². The first-order valence-electron chi connectivity index (χ1n) is 6.14. The number of aryl methyl sites for hydroxylation is 1. The summed E-state index contributed by atoms with van der Waals surface area (Å²) in [6.07, 6.45) is 3.42. The monoisotopic (exact) mass is 356 g/mol. The van der Waals surface area contributed by atoms with E-state index in [-0.39, 0.29) is 11.7 Å². The lowest BCUT2D eigenvalue weighted by atomic mass is 10.2. The van der Waals surface area contributed by atoms with Gasteiger partial charge in [0.25, 0.3) is 5.56 Å². The number of thiazole rings is 1. The molecular weight excluding hydrogens is 344 g/mol. The van der Waals surface area contributed by atoms with Gasteiger partial charge in [-0.25, -0.2) is 9.67 Å². The second-order valence-corrected chi connectivity index (χ2v) is 6.17. The smallest absolute Gasteiger partial charge is 0.282 e. The van der Waals surface area contributed by atoms with E-state index in [0.29, 0.717) is 17.6 Å². The van der Waals surface area contributed by atoms with Crippen LogP contribution < -0.4 is 10.5 Å². The van der Waals surface area contributed by atoms with Crippen LogP contribution in [0.4, 0.5) is 5.69 Å². The number of halogens is 1. The van der Waals surface area contributed by atoms with Crippen molar-refractivity contribution in [2.24, 2.45) is 7.05 Å². The molecular formula is C12H13BrN4O2S. The summed E-state index contributed by atoms with van der Waals surface area (Å²) in [4.78, 5) is 18.3. The Labute approximate surface area is 128 Å². The van der Waals surface area contributed by atoms with Gasteiger partial charge in [-0.1, -0.05) is 0 Å². The zero-order valence-electron chi connectivity index (χ0n) is 10.8. The quantitative estimate of drug-likeness (QED) is 0.817. The lowest BCUT2D eigenvalue weighted by Crippen LogP contribution is -2.39. The minimum atomic E-state index is -0.139. The van der Waals surface area contributed by atoms with Crippen molar-refractivity contribution in [3.63, 3.8) is 0 Å². The zero-order valence-corrected chi connectivity index (χ0v) is 13.2. The molecule has 3 rings (SSSR count). The normalized spacial score (nSPS) is 19.3. The molecule has 1 atom stereocenters. The fourth-order valence-corrected chi connectivity index (χ4v) is 3.42. The van der Waals surface area contributed by atoms with Gasteiger partial charge in [0.05, 0.1) is 25.0 Å². The number of ether oxygens (including phenoxy) is 1. The minimum Gasteiger partial charge on any atom is -0.367 e. The molecule has 0 amide bonds. The van der Waals surface area contributed by atoms with Gasteiger partial charge in [-0.15, -0.1) is 11.3 Å². The van der Waals surface area contributed by atoms with Gasteiger partial charge < -0.3 is 9.64 Å². The van der Waals surface area contributed by atoms with Crippen LogP contribution in [0.25, 0.3) is 0 Å². The van der Waals surface area contributed by atoms with E-state index in [9.17, 15) is 4.79 Å². The Bertz CT molecular complexity index is 658. The van der Waals surface area contributed by atoms with Crippen LogP contribution in [-0.2, 0) is 11.8 Å². The van der Waals surface area contributed by atoms with Gasteiger partial charge in [0.2, 0.25) is 0 Å². The Morgan fingerprint density at radius 2 is 2.40 bits per heavy atom. The highest BCUT2D eigenvalue weighted by molar-refractivity contribution is 9.10. The van der Waals surface area contributed by atoms with Crippen LogP contribution >= 0.6 is 27.3 Å². The fourth-order valence-electron chi connectivity index (χ4n) is 2.13. The van der Waals surface area contributed by atoms with Crippen LogP contribution in [0.5, 0.6) is 0 Å². The molecule has 1 unspecified atom stereocenters. The first-order chi connectivity index (χ1) is 9.66. The number of rotatable bonds is 2. The molecule has 0 spiro atoms. The van der Waals surface area contributed by atoms with Gasteiger partial charge >= 0.3 is 0 Å². The highest BCUT2D eigenvalue weighted by Gasteiger charge is 2.26. The minimum absolute atomic E-state index is 0.0558. The van der Waals surface area contributed by atoms with E-state index in [0.717, 1.165) is 17.2 Å². The maximum absolute atomic E-state index is 11.9. The molecule has 8 heteroatoms. The van der Waals surface area contributed by atoms with Gasteiger partial charge in [-0.3, -0.25) is 4.79 Å². The van der Waals surface area contributed by atoms with Crippen LogP contribution in [0.15, 0.2) is 27.0 Å². The Balaban J connectivity index is 1.87. The fraction of sp³-hybridized carbons (Fsp3) is 0.417. The van der Waals surface area contributed by atoms with E-state index in [2.05, 4.69) is 30.9 Å². The molecule has 20 heavy (non-hydrogen) atoms. The van der Waals surface area contributed by atoms with Crippen LogP contribution in [-0.4, -0.2) is 34.5 Å². The van der Waals surface area contributed by atoms with E-state index < -0.39 is 0 Å². The number of hydrogen-bond acceptors (Lipinski definition) is 6. The third-order valence-electron chi connectivity index (χ3n) is 3.19. The summed E-state index contributed by atoms with van der Waals surface area (Å²) in [5.74, 6) is 0. The molecule has 0 radical (unpaired) electrons. The average molecular weight is 357 g/mol.